The van der Waals surface area contributed by atoms with Gasteiger partial charge in [-0.1, -0.05) is 31.5 Å². The van der Waals surface area contributed by atoms with Crippen molar-refractivity contribution in [1.82, 2.24) is 15.1 Å². The molecule has 112 valence electrons. The minimum absolute atomic E-state index is 0.358. The van der Waals surface area contributed by atoms with Crippen LogP contribution >= 0.6 is 0 Å². The van der Waals surface area contributed by atoms with Crippen LogP contribution in [0.4, 0.5) is 0 Å². The molecule has 1 saturated carbocycles. The van der Waals surface area contributed by atoms with E-state index in [-0.39, 0.29) is 0 Å². The summed E-state index contributed by atoms with van der Waals surface area (Å²) >= 11 is 0. The molecule has 3 nitrogen and oxygen atoms in total. The van der Waals surface area contributed by atoms with Crippen molar-refractivity contribution < 1.29 is 0 Å². The van der Waals surface area contributed by atoms with Gasteiger partial charge in [-0.25, -0.2) is 4.68 Å². The Morgan fingerprint density at radius 3 is 2.71 bits per heavy atom. The largest absolute Gasteiger partial charge is 0.310 e. The van der Waals surface area contributed by atoms with Crippen LogP contribution in [-0.2, 0) is 0 Å². The highest BCUT2D eigenvalue weighted by Crippen LogP contribution is 2.49. The van der Waals surface area contributed by atoms with Gasteiger partial charge in [0.2, 0.25) is 0 Å². The van der Waals surface area contributed by atoms with Crippen LogP contribution in [-0.4, -0.2) is 16.3 Å². The summed E-state index contributed by atoms with van der Waals surface area (Å²) in [6.45, 7) is 5.65. The summed E-state index contributed by atoms with van der Waals surface area (Å²) in [4.78, 5) is 0. The number of aromatic nitrogens is 2. The molecule has 3 heteroatoms. The highest BCUT2D eigenvalue weighted by Gasteiger charge is 2.41. The molecule has 1 N–H and O–H groups in total. The summed E-state index contributed by atoms with van der Waals surface area (Å²) in [7, 11) is 0. The van der Waals surface area contributed by atoms with E-state index < -0.39 is 0 Å². The first-order valence-electron chi connectivity index (χ1n) is 8.06. The molecule has 1 aliphatic rings. The van der Waals surface area contributed by atoms with Gasteiger partial charge in [0.25, 0.3) is 0 Å². The van der Waals surface area contributed by atoms with Gasteiger partial charge in [-0.05, 0) is 43.7 Å². The molecule has 21 heavy (non-hydrogen) atoms. The lowest BCUT2D eigenvalue weighted by molar-refractivity contribution is 0.397. The predicted octanol–water partition coefficient (Wildman–Crippen LogP) is 4.10. The molecule has 1 aromatic carbocycles. The van der Waals surface area contributed by atoms with E-state index in [2.05, 4.69) is 42.6 Å². The van der Waals surface area contributed by atoms with Gasteiger partial charge >= 0.3 is 0 Å². The molecule has 0 radical (unpaired) electrons. The Hall–Kier alpha value is -1.61. The van der Waals surface area contributed by atoms with Gasteiger partial charge in [-0.15, -0.1) is 0 Å². The Kier molecular flexibility index (Phi) is 4.11. The van der Waals surface area contributed by atoms with E-state index >= 15 is 0 Å². The van der Waals surface area contributed by atoms with E-state index in [9.17, 15) is 0 Å². The molecule has 0 amide bonds. The second-order valence-corrected chi connectivity index (χ2v) is 6.41. The lowest BCUT2D eigenvalue weighted by atomic mass is 10.00. The van der Waals surface area contributed by atoms with E-state index in [1.54, 1.807) is 0 Å². The third-order valence-corrected chi connectivity index (χ3v) is 4.64. The van der Waals surface area contributed by atoms with Crippen molar-refractivity contribution in [3.63, 3.8) is 0 Å². The number of para-hydroxylation sites is 1. The minimum Gasteiger partial charge on any atom is -0.310 e. The van der Waals surface area contributed by atoms with Gasteiger partial charge in [-0.3, -0.25) is 0 Å². The molecule has 1 fully saturated rings. The molecule has 0 saturated heterocycles. The summed E-state index contributed by atoms with van der Waals surface area (Å²) in [6.07, 6.45) is 9.54. The quantitative estimate of drug-likeness (QED) is 0.829. The molecular formula is C18H25N3. The summed E-state index contributed by atoms with van der Waals surface area (Å²) in [6, 6.07) is 10.6. The number of nitrogens with one attached hydrogen (secondary N) is 1. The molecular weight excluding hydrogens is 258 g/mol. The second kappa shape index (κ2) is 6.02. The number of hydrogen-bond donors (Lipinski definition) is 1. The Bertz CT molecular complexity index is 569. The van der Waals surface area contributed by atoms with Crippen LogP contribution in [0.25, 0.3) is 5.69 Å². The van der Waals surface area contributed by atoms with Crippen LogP contribution < -0.4 is 5.32 Å². The summed E-state index contributed by atoms with van der Waals surface area (Å²) < 4.78 is 1.95. The molecule has 0 aliphatic heterocycles. The lowest BCUT2D eigenvalue weighted by Crippen LogP contribution is -2.26. The first kappa shape index (κ1) is 14.3. The third kappa shape index (κ3) is 3.35. The Labute approximate surface area is 127 Å². The van der Waals surface area contributed by atoms with Crippen LogP contribution in [0.5, 0.6) is 0 Å². The molecule has 1 heterocycles. The third-order valence-electron chi connectivity index (χ3n) is 4.64. The second-order valence-electron chi connectivity index (χ2n) is 6.41. The fraction of sp³-hybridized carbons (Fsp3) is 0.500. The molecule has 0 spiro atoms. The summed E-state index contributed by atoms with van der Waals surface area (Å²) in [5.41, 5.74) is 2.96. The maximum absolute atomic E-state index is 4.48. The monoisotopic (exact) mass is 283 g/mol. The standard InChI is InChI=1S/C18H25N3/c1-3-9-18(10-11-18)14-19-15(2)16-12-20-21(13-16)17-7-5-4-6-8-17/h4-8,12-13,15,19H,3,9-11,14H2,1-2H3. The van der Waals surface area contributed by atoms with E-state index in [1.165, 1.54) is 31.2 Å². The van der Waals surface area contributed by atoms with E-state index in [0.29, 0.717) is 11.5 Å². The maximum atomic E-state index is 4.48. The predicted molar refractivity (Wildman–Crippen MR) is 86.6 cm³/mol. The number of rotatable bonds is 7. The van der Waals surface area contributed by atoms with E-state index in [0.717, 1.165) is 12.2 Å². The molecule has 1 unspecified atom stereocenters. The maximum Gasteiger partial charge on any atom is 0.0645 e. The average molecular weight is 283 g/mol. The van der Waals surface area contributed by atoms with Crippen LogP contribution in [0, 0.1) is 5.41 Å². The van der Waals surface area contributed by atoms with Crippen molar-refractivity contribution in [3.05, 3.63) is 48.3 Å². The van der Waals surface area contributed by atoms with Crippen molar-refractivity contribution >= 4 is 0 Å². The molecule has 0 bridgehead atoms. The molecule has 1 atom stereocenters. The van der Waals surface area contributed by atoms with Crippen LogP contribution in [0.2, 0.25) is 0 Å². The van der Waals surface area contributed by atoms with E-state index in [4.69, 9.17) is 0 Å². The molecule has 2 aromatic rings. The minimum atomic E-state index is 0.358. The molecule has 1 aliphatic carbocycles. The van der Waals surface area contributed by atoms with Crippen LogP contribution in [0.3, 0.4) is 0 Å². The SMILES string of the molecule is CCCC1(CNC(C)c2cnn(-c3ccccc3)c2)CC1. The summed E-state index contributed by atoms with van der Waals surface area (Å²) in [5, 5.41) is 8.18. The van der Waals surface area contributed by atoms with Gasteiger partial charge in [0, 0.05) is 24.3 Å². The van der Waals surface area contributed by atoms with Gasteiger partial charge in [0.15, 0.2) is 0 Å². The Morgan fingerprint density at radius 2 is 2.05 bits per heavy atom. The van der Waals surface area contributed by atoms with Crippen molar-refractivity contribution in [2.24, 2.45) is 5.41 Å². The van der Waals surface area contributed by atoms with Crippen molar-refractivity contribution in [2.45, 2.75) is 45.6 Å². The number of hydrogen-bond acceptors (Lipinski definition) is 2. The van der Waals surface area contributed by atoms with Crippen LogP contribution in [0.1, 0.15) is 51.1 Å². The fourth-order valence-corrected chi connectivity index (χ4v) is 2.99. The van der Waals surface area contributed by atoms with Gasteiger partial charge in [0.1, 0.15) is 0 Å². The van der Waals surface area contributed by atoms with Gasteiger partial charge in [0.05, 0.1) is 11.9 Å². The van der Waals surface area contributed by atoms with Crippen molar-refractivity contribution in [3.8, 4) is 5.69 Å². The van der Waals surface area contributed by atoms with Gasteiger partial charge < -0.3 is 5.32 Å². The zero-order valence-corrected chi connectivity index (χ0v) is 13.0. The number of nitrogens with zero attached hydrogens (tertiary/aromatic N) is 2. The highest BCUT2D eigenvalue weighted by molar-refractivity contribution is 5.31. The Morgan fingerprint density at radius 1 is 1.29 bits per heavy atom. The number of benzene rings is 1. The summed E-state index contributed by atoms with van der Waals surface area (Å²) in [5.74, 6) is 0. The smallest absolute Gasteiger partial charge is 0.0645 e. The first-order valence-corrected chi connectivity index (χ1v) is 8.06. The zero-order chi connectivity index (χ0) is 14.7. The highest BCUT2D eigenvalue weighted by atomic mass is 15.3. The fourth-order valence-electron chi connectivity index (χ4n) is 2.99. The van der Waals surface area contributed by atoms with Crippen LogP contribution in [0.15, 0.2) is 42.7 Å². The topological polar surface area (TPSA) is 29.9 Å². The normalized spacial score (nSPS) is 17.6. The molecule has 1 aromatic heterocycles. The van der Waals surface area contributed by atoms with Crippen molar-refractivity contribution in [2.75, 3.05) is 6.54 Å². The lowest BCUT2D eigenvalue weighted by Gasteiger charge is -2.18. The van der Waals surface area contributed by atoms with E-state index in [1.807, 2.05) is 29.1 Å². The van der Waals surface area contributed by atoms with Crippen molar-refractivity contribution in [1.29, 1.82) is 0 Å². The average Bonchev–Trinajstić information content (AvgIpc) is 3.10. The zero-order valence-electron chi connectivity index (χ0n) is 13.0. The molecule has 3 rings (SSSR count). The Balaban J connectivity index is 1.61. The van der Waals surface area contributed by atoms with Gasteiger partial charge in [-0.2, -0.15) is 5.10 Å². The first-order chi connectivity index (χ1) is 10.2.